The smallest absolute Gasteiger partial charge is 0.125 e. The summed E-state index contributed by atoms with van der Waals surface area (Å²) in [5.41, 5.74) is 1.18. The molecular formula is C18H23NO2. The average Bonchev–Trinajstić information content (AvgIpc) is 2.52. The Morgan fingerprint density at radius 1 is 1.24 bits per heavy atom. The molecule has 0 aliphatic heterocycles. The molecule has 112 valence electrons. The van der Waals surface area contributed by atoms with Gasteiger partial charge in [0.25, 0.3) is 0 Å². The number of benzene rings is 2. The Bertz CT molecular complexity index is 595. The number of rotatable bonds is 8. The van der Waals surface area contributed by atoms with Crippen LogP contribution in [0, 0.1) is 0 Å². The van der Waals surface area contributed by atoms with Gasteiger partial charge in [-0.3, -0.25) is 0 Å². The van der Waals surface area contributed by atoms with Crippen LogP contribution in [0.1, 0.15) is 12.5 Å². The molecule has 0 saturated carbocycles. The minimum absolute atomic E-state index is 0.0103. The van der Waals surface area contributed by atoms with Crippen molar-refractivity contribution in [2.75, 3.05) is 20.3 Å². The lowest BCUT2D eigenvalue weighted by Gasteiger charge is -2.17. The Balaban J connectivity index is 2.30. The first-order chi connectivity index (χ1) is 10.3. The molecule has 2 aromatic rings. The first-order valence-electron chi connectivity index (χ1n) is 7.25. The molecule has 2 rings (SSSR count). The van der Waals surface area contributed by atoms with Gasteiger partial charge in [-0.25, -0.2) is 0 Å². The number of nitrogens with one attached hydrogen (secondary N) is 1. The molecular weight excluding hydrogens is 262 g/mol. The van der Waals surface area contributed by atoms with Gasteiger partial charge in [-0.15, -0.1) is 0 Å². The summed E-state index contributed by atoms with van der Waals surface area (Å²) in [7, 11) is 1.71. The first kappa shape index (κ1) is 15.5. The van der Waals surface area contributed by atoms with Crippen molar-refractivity contribution in [1.29, 1.82) is 0 Å². The maximum absolute atomic E-state index is 5.97. The SMILES string of the molecule is C=CC(C)Oc1ccc2ccccc2c1CNCCOC. The molecule has 1 N–H and O–H groups in total. The normalized spacial score (nSPS) is 12.3. The van der Waals surface area contributed by atoms with Gasteiger partial charge in [0.2, 0.25) is 0 Å². The Morgan fingerprint density at radius 3 is 2.81 bits per heavy atom. The number of ether oxygens (including phenoxy) is 2. The third-order valence-corrected chi connectivity index (χ3v) is 3.43. The Hall–Kier alpha value is -1.84. The molecule has 0 aliphatic carbocycles. The quantitative estimate of drug-likeness (QED) is 0.594. The highest BCUT2D eigenvalue weighted by molar-refractivity contribution is 5.87. The lowest BCUT2D eigenvalue weighted by Crippen LogP contribution is -2.20. The summed E-state index contributed by atoms with van der Waals surface area (Å²) in [5, 5.41) is 5.84. The second kappa shape index (κ2) is 7.81. The molecule has 3 heteroatoms. The van der Waals surface area contributed by atoms with Gasteiger partial charge < -0.3 is 14.8 Å². The molecule has 0 spiro atoms. The summed E-state index contributed by atoms with van der Waals surface area (Å²) in [4.78, 5) is 0. The summed E-state index contributed by atoms with van der Waals surface area (Å²) < 4.78 is 11.0. The Labute approximate surface area is 126 Å². The van der Waals surface area contributed by atoms with Crippen LogP contribution in [0.25, 0.3) is 10.8 Å². The third kappa shape index (κ3) is 4.06. The zero-order valence-electron chi connectivity index (χ0n) is 12.8. The fraction of sp³-hybridized carbons (Fsp3) is 0.333. The highest BCUT2D eigenvalue weighted by atomic mass is 16.5. The maximum Gasteiger partial charge on any atom is 0.125 e. The van der Waals surface area contributed by atoms with E-state index in [2.05, 4.69) is 42.2 Å². The van der Waals surface area contributed by atoms with Crippen LogP contribution in [0.2, 0.25) is 0 Å². The van der Waals surface area contributed by atoms with E-state index in [1.807, 2.05) is 13.0 Å². The van der Waals surface area contributed by atoms with Crippen molar-refractivity contribution in [2.45, 2.75) is 19.6 Å². The van der Waals surface area contributed by atoms with Gasteiger partial charge in [-0.1, -0.05) is 43.0 Å². The van der Waals surface area contributed by atoms with E-state index in [9.17, 15) is 0 Å². The molecule has 0 bridgehead atoms. The van der Waals surface area contributed by atoms with Crippen molar-refractivity contribution in [2.24, 2.45) is 0 Å². The van der Waals surface area contributed by atoms with E-state index in [1.165, 1.54) is 16.3 Å². The molecule has 3 nitrogen and oxygen atoms in total. The van der Waals surface area contributed by atoms with Gasteiger partial charge >= 0.3 is 0 Å². The van der Waals surface area contributed by atoms with E-state index in [-0.39, 0.29) is 6.10 Å². The molecule has 0 heterocycles. The van der Waals surface area contributed by atoms with Gasteiger partial charge in [0, 0.05) is 25.8 Å². The third-order valence-electron chi connectivity index (χ3n) is 3.43. The van der Waals surface area contributed by atoms with Gasteiger partial charge in [-0.2, -0.15) is 0 Å². The van der Waals surface area contributed by atoms with Crippen molar-refractivity contribution in [3.8, 4) is 5.75 Å². The lowest BCUT2D eigenvalue weighted by molar-refractivity contribution is 0.199. The van der Waals surface area contributed by atoms with E-state index in [1.54, 1.807) is 13.2 Å². The van der Waals surface area contributed by atoms with Crippen molar-refractivity contribution >= 4 is 10.8 Å². The van der Waals surface area contributed by atoms with Gasteiger partial charge in [0.15, 0.2) is 0 Å². The summed E-state index contributed by atoms with van der Waals surface area (Å²) in [6.07, 6.45) is 1.79. The predicted octanol–water partition coefficient (Wildman–Crippen LogP) is 3.53. The number of fused-ring (bicyclic) bond motifs is 1. The molecule has 0 fully saturated rings. The van der Waals surface area contributed by atoms with Crippen molar-refractivity contribution in [3.63, 3.8) is 0 Å². The van der Waals surface area contributed by atoms with Gasteiger partial charge in [0.1, 0.15) is 11.9 Å². The average molecular weight is 285 g/mol. The first-order valence-corrected chi connectivity index (χ1v) is 7.25. The molecule has 0 aromatic heterocycles. The van der Waals surface area contributed by atoms with Gasteiger partial charge in [0.05, 0.1) is 6.61 Å². The zero-order valence-corrected chi connectivity index (χ0v) is 12.8. The standard InChI is InChI=1S/C18H23NO2/c1-4-14(2)21-18-10-9-15-7-5-6-8-16(15)17(18)13-19-11-12-20-3/h4-10,14,19H,1,11-13H2,2-3H3. The molecule has 0 aliphatic rings. The monoisotopic (exact) mass is 285 g/mol. The van der Waals surface area contributed by atoms with Crippen molar-refractivity contribution in [3.05, 3.63) is 54.6 Å². The van der Waals surface area contributed by atoms with E-state index in [0.29, 0.717) is 6.61 Å². The van der Waals surface area contributed by atoms with Crippen LogP contribution in [-0.2, 0) is 11.3 Å². The lowest BCUT2D eigenvalue weighted by atomic mass is 10.0. The van der Waals surface area contributed by atoms with Crippen LogP contribution >= 0.6 is 0 Å². The Kier molecular flexibility index (Phi) is 5.78. The van der Waals surface area contributed by atoms with E-state index >= 15 is 0 Å². The van der Waals surface area contributed by atoms with E-state index in [4.69, 9.17) is 9.47 Å². The van der Waals surface area contributed by atoms with Crippen molar-refractivity contribution in [1.82, 2.24) is 5.32 Å². The van der Waals surface area contributed by atoms with Crippen LogP contribution in [0.15, 0.2) is 49.1 Å². The summed E-state index contributed by atoms with van der Waals surface area (Å²) in [6, 6.07) is 12.5. The van der Waals surface area contributed by atoms with Gasteiger partial charge in [-0.05, 0) is 23.8 Å². The topological polar surface area (TPSA) is 30.5 Å². The minimum atomic E-state index is -0.0103. The Morgan fingerprint density at radius 2 is 2.05 bits per heavy atom. The molecule has 21 heavy (non-hydrogen) atoms. The second-order valence-corrected chi connectivity index (χ2v) is 4.99. The number of hydrogen-bond donors (Lipinski definition) is 1. The molecule has 0 saturated heterocycles. The van der Waals surface area contributed by atoms with E-state index in [0.717, 1.165) is 18.8 Å². The zero-order chi connectivity index (χ0) is 15.1. The highest BCUT2D eigenvalue weighted by Crippen LogP contribution is 2.28. The largest absolute Gasteiger partial charge is 0.486 e. The van der Waals surface area contributed by atoms with Crippen molar-refractivity contribution < 1.29 is 9.47 Å². The fourth-order valence-corrected chi connectivity index (χ4v) is 2.24. The molecule has 1 atom stereocenters. The maximum atomic E-state index is 5.97. The highest BCUT2D eigenvalue weighted by Gasteiger charge is 2.10. The summed E-state index contributed by atoms with van der Waals surface area (Å²) in [5.74, 6) is 0.908. The minimum Gasteiger partial charge on any atom is -0.486 e. The van der Waals surface area contributed by atoms with E-state index < -0.39 is 0 Å². The van der Waals surface area contributed by atoms with Crippen LogP contribution in [-0.4, -0.2) is 26.4 Å². The predicted molar refractivity (Wildman–Crippen MR) is 87.8 cm³/mol. The number of methoxy groups -OCH3 is 1. The summed E-state index contributed by atoms with van der Waals surface area (Å²) in [6.45, 7) is 8.04. The molecule has 0 radical (unpaired) electrons. The second-order valence-electron chi connectivity index (χ2n) is 4.99. The summed E-state index contributed by atoms with van der Waals surface area (Å²) >= 11 is 0. The fourth-order valence-electron chi connectivity index (χ4n) is 2.24. The molecule has 2 aromatic carbocycles. The van der Waals surface area contributed by atoms with Crippen LogP contribution in [0.5, 0.6) is 5.75 Å². The molecule has 0 amide bonds. The molecule has 1 unspecified atom stereocenters. The van der Waals surface area contributed by atoms with Crippen LogP contribution < -0.4 is 10.1 Å². The number of hydrogen-bond acceptors (Lipinski definition) is 3. The van der Waals surface area contributed by atoms with Crippen LogP contribution in [0.4, 0.5) is 0 Å². The van der Waals surface area contributed by atoms with Crippen LogP contribution in [0.3, 0.4) is 0 Å².